The van der Waals surface area contributed by atoms with Gasteiger partial charge in [0.2, 0.25) is 0 Å². The molecule has 2 aromatic rings. The van der Waals surface area contributed by atoms with Crippen molar-refractivity contribution in [3.8, 4) is 0 Å². The number of fused-ring (bicyclic) bond motifs is 1. The van der Waals surface area contributed by atoms with Gasteiger partial charge in [0, 0.05) is 34.9 Å². The normalized spacial score (nSPS) is 19.4. The van der Waals surface area contributed by atoms with E-state index in [2.05, 4.69) is 46.6 Å². The zero-order valence-corrected chi connectivity index (χ0v) is 12.4. The van der Waals surface area contributed by atoms with Crippen LogP contribution in [0.4, 0.5) is 5.82 Å². The highest BCUT2D eigenvalue weighted by molar-refractivity contribution is 7.17. The molecule has 3 heterocycles. The third kappa shape index (κ3) is 2.60. The highest BCUT2D eigenvalue weighted by Crippen LogP contribution is 2.30. The molecule has 0 spiro atoms. The molecule has 0 bridgehead atoms. The second kappa shape index (κ2) is 5.47. The van der Waals surface area contributed by atoms with E-state index in [4.69, 9.17) is 0 Å². The van der Waals surface area contributed by atoms with Gasteiger partial charge in [-0.25, -0.2) is 4.98 Å². The minimum absolute atomic E-state index is 0.473. The lowest BCUT2D eigenvalue weighted by atomic mass is 10.1. The Hall–Kier alpha value is -1.13. The molecule has 2 aromatic heterocycles. The number of nitrogens with zero attached hydrogens (tertiary/aromatic N) is 2. The molecule has 0 aromatic carbocycles. The maximum atomic E-state index is 4.65. The Kier molecular flexibility index (Phi) is 3.71. The molecular weight excluding hydrogens is 254 g/mol. The van der Waals surface area contributed by atoms with Crippen LogP contribution in [0.5, 0.6) is 0 Å². The highest BCUT2D eigenvalue weighted by atomic mass is 32.1. The van der Waals surface area contributed by atoms with Crippen molar-refractivity contribution in [2.24, 2.45) is 0 Å². The zero-order chi connectivity index (χ0) is 13.2. The van der Waals surface area contributed by atoms with Gasteiger partial charge in [0.05, 0.1) is 0 Å². The SMILES string of the molecule is CC(C)N(CC1CCCN1)c1nccc2sccc12. The Morgan fingerprint density at radius 1 is 1.47 bits per heavy atom. The summed E-state index contributed by atoms with van der Waals surface area (Å²) in [6.45, 7) is 6.72. The van der Waals surface area contributed by atoms with Crippen molar-refractivity contribution in [3.63, 3.8) is 0 Å². The first-order valence-electron chi connectivity index (χ1n) is 7.08. The third-order valence-electron chi connectivity index (χ3n) is 3.83. The second-order valence-electron chi connectivity index (χ2n) is 5.51. The second-order valence-corrected chi connectivity index (χ2v) is 6.45. The maximum absolute atomic E-state index is 4.65. The Labute approximate surface area is 118 Å². The summed E-state index contributed by atoms with van der Waals surface area (Å²) >= 11 is 1.79. The van der Waals surface area contributed by atoms with Gasteiger partial charge in [-0.1, -0.05) is 0 Å². The van der Waals surface area contributed by atoms with Crippen molar-refractivity contribution in [3.05, 3.63) is 23.7 Å². The lowest BCUT2D eigenvalue weighted by molar-refractivity contribution is 0.550. The predicted octanol–water partition coefficient (Wildman–Crippen LogP) is 3.26. The van der Waals surface area contributed by atoms with Crippen LogP contribution in [0.1, 0.15) is 26.7 Å². The van der Waals surface area contributed by atoms with Gasteiger partial charge in [0.1, 0.15) is 5.82 Å². The Balaban J connectivity index is 1.92. The van der Waals surface area contributed by atoms with Gasteiger partial charge in [-0.2, -0.15) is 0 Å². The lowest BCUT2D eigenvalue weighted by Crippen LogP contribution is -2.41. The largest absolute Gasteiger partial charge is 0.352 e. The number of nitrogens with one attached hydrogen (secondary N) is 1. The van der Waals surface area contributed by atoms with Gasteiger partial charge in [-0.15, -0.1) is 11.3 Å². The van der Waals surface area contributed by atoms with Crippen molar-refractivity contribution in [1.82, 2.24) is 10.3 Å². The van der Waals surface area contributed by atoms with Gasteiger partial charge in [-0.05, 0) is 50.7 Å². The highest BCUT2D eigenvalue weighted by Gasteiger charge is 2.22. The fourth-order valence-corrected chi connectivity index (χ4v) is 3.58. The van der Waals surface area contributed by atoms with Gasteiger partial charge in [0.25, 0.3) is 0 Å². The van der Waals surface area contributed by atoms with Crippen molar-refractivity contribution in [2.45, 2.75) is 38.8 Å². The number of rotatable bonds is 4. The van der Waals surface area contributed by atoms with E-state index in [1.807, 2.05) is 6.20 Å². The first-order valence-corrected chi connectivity index (χ1v) is 7.96. The topological polar surface area (TPSA) is 28.2 Å². The summed E-state index contributed by atoms with van der Waals surface area (Å²) < 4.78 is 1.33. The summed E-state index contributed by atoms with van der Waals surface area (Å²) in [5.41, 5.74) is 0. The molecule has 1 unspecified atom stereocenters. The number of anilines is 1. The molecule has 1 saturated heterocycles. The fourth-order valence-electron chi connectivity index (χ4n) is 2.80. The van der Waals surface area contributed by atoms with Crippen LogP contribution in [0, 0.1) is 0 Å². The molecule has 0 amide bonds. The molecular formula is C15H21N3S. The minimum Gasteiger partial charge on any atom is -0.352 e. The van der Waals surface area contributed by atoms with Crippen molar-refractivity contribution in [1.29, 1.82) is 0 Å². The summed E-state index contributed by atoms with van der Waals surface area (Å²) in [7, 11) is 0. The molecule has 0 saturated carbocycles. The fraction of sp³-hybridized carbons (Fsp3) is 0.533. The van der Waals surface area contributed by atoms with Crippen LogP contribution in [0.15, 0.2) is 23.7 Å². The van der Waals surface area contributed by atoms with Crippen LogP contribution < -0.4 is 10.2 Å². The number of hydrogen-bond donors (Lipinski definition) is 1. The quantitative estimate of drug-likeness (QED) is 0.928. The number of aromatic nitrogens is 1. The molecule has 102 valence electrons. The molecule has 0 aliphatic carbocycles. The lowest BCUT2D eigenvalue weighted by Gasteiger charge is -2.31. The summed E-state index contributed by atoms with van der Waals surface area (Å²) in [4.78, 5) is 7.09. The molecule has 1 atom stereocenters. The maximum Gasteiger partial charge on any atom is 0.137 e. The van der Waals surface area contributed by atoms with Crippen LogP contribution in [-0.2, 0) is 0 Å². The smallest absolute Gasteiger partial charge is 0.137 e. The van der Waals surface area contributed by atoms with E-state index in [0.717, 1.165) is 18.9 Å². The average Bonchev–Trinajstić information content (AvgIpc) is 3.06. The predicted molar refractivity (Wildman–Crippen MR) is 83.1 cm³/mol. The van der Waals surface area contributed by atoms with Gasteiger partial charge >= 0.3 is 0 Å². The van der Waals surface area contributed by atoms with E-state index in [1.165, 1.54) is 22.9 Å². The zero-order valence-electron chi connectivity index (χ0n) is 11.6. The van der Waals surface area contributed by atoms with Crippen LogP contribution in [0.3, 0.4) is 0 Å². The first kappa shape index (κ1) is 12.9. The Morgan fingerprint density at radius 3 is 3.11 bits per heavy atom. The Morgan fingerprint density at radius 2 is 2.37 bits per heavy atom. The van der Waals surface area contributed by atoms with Crippen LogP contribution in [0.2, 0.25) is 0 Å². The molecule has 3 nitrogen and oxygen atoms in total. The number of pyridine rings is 1. The minimum atomic E-state index is 0.473. The first-order chi connectivity index (χ1) is 9.25. The third-order valence-corrected chi connectivity index (χ3v) is 4.72. The molecule has 0 radical (unpaired) electrons. The summed E-state index contributed by atoms with van der Waals surface area (Å²) in [6, 6.07) is 5.38. The van der Waals surface area contributed by atoms with E-state index < -0.39 is 0 Å². The van der Waals surface area contributed by atoms with Crippen LogP contribution in [0.25, 0.3) is 10.1 Å². The Bertz CT molecular complexity index is 543. The molecule has 1 N–H and O–H groups in total. The van der Waals surface area contributed by atoms with Gasteiger partial charge in [0.15, 0.2) is 0 Å². The van der Waals surface area contributed by atoms with Crippen LogP contribution >= 0.6 is 11.3 Å². The van der Waals surface area contributed by atoms with Gasteiger partial charge < -0.3 is 10.2 Å². The van der Waals surface area contributed by atoms with E-state index in [9.17, 15) is 0 Å². The van der Waals surface area contributed by atoms with Crippen LogP contribution in [-0.4, -0.2) is 30.2 Å². The summed E-state index contributed by atoms with van der Waals surface area (Å²) in [5.74, 6) is 1.14. The molecule has 19 heavy (non-hydrogen) atoms. The molecule has 3 rings (SSSR count). The van der Waals surface area contributed by atoms with Gasteiger partial charge in [-0.3, -0.25) is 0 Å². The van der Waals surface area contributed by atoms with Crippen molar-refractivity contribution in [2.75, 3.05) is 18.0 Å². The van der Waals surface area contributed by atoms with E-state index in [0.29, 0.717) is 12.1 Å². The number of thiophene rings is 1. The monoisotopic (exact) mass is 275 g/mol. The summed E-state index contributed by atoms with van der Waals surface area (Å²) in [6.07, 6.45) is 4.52. The van der Waals surface area contributed by atoms with E-state index in [1.54, 1.807) is 11.3 Å². The molecule has 1 aliphatic rings. The molecule has 1 fully saturated rings. The molecule has 1 aliphatic heterocycles. The van der Waals surface area contributed by atoms with Crippen molar-refractivity contribution < 1.29 is 0 Å². The standard InChI is InChI=1S/C15H21N3S/c1-11(2)18(10-12-4-3-7-16-12)15-13-6-9-19-14(13)5-8-17-15/h5-6,8-9,11-12,16H,3-4,7,10H2,1-2H3. The van der Waals surface area contributed by atoms with E-state index >= 15 is 0 Å². The van der Waals surface area contributed by atoms with Crippen molar-refractivity contribution >= 4 is 27.2 Å². The van der Waals surface area contributed by atoms with E-state index in [-0.39, 0.29) is 0 Å². The summed E-state index contributed by atoms with van der Waals surface area (Å²) in [5, 5.41) is 7.03. The average molecular weight is 275 g/mol. The molecule has 4 heteroatoms. The number of hydrogen-bond acceptors (Lipinski definition) is 4.